The Balaban J connectivity index is 0.967. The van der Waals surface area contributed by atoms with Crippen molar-refractivity contribution in [3.8, 4) is 66.8 Å². The number of benzene rings is 15. The maximum atomic E-state index is 2.51. The first-order chi connectivity index (χ1) is 41.7. The summed E-state index contributed by atoms with van der Waals surface area (Å²) < 4.78 is 0. The number of rotatable bonds is 12. The Bertz CT molecular complexity index is 4810. The Labute approximate surface area is 490 Å². The highest BCUT2D eigenvalue weighted by Crippen LogP contribution is 2.53. The normalized spacial score (nSPS) is 11.3. The molecule has 0 unspecified atom stereocenters. The van der Waals surface area contributed by atoms with Gasteiger partial charge < -0.3 is 9.80 Å². The molecule has 0 fully saturated rings. The van der Waals surface area contributed by atoms with Gasteiger partial charge in [-0.3, -0.25) is 0 Å². The van der Waals surface area contributed by atoms with Crippen molar-refractivity contribution in [3.05, 3.63) is 340 Å². The van der Waals surface area contributed by atoms with Crippen LogP contribution in [0.2, 0.25) is 0 Å². The van der Waals surface area contributed by atoms with Gasteiger partial charge in [-0.15, -0.1) is 0 Å². The molecule has 15 aromatic rings. The Morgan fingerprint density at radius 2 is 0.417 bits per heavy atom. The molecule has 0 aliphatic carbocycles. The first-order valence-electron chi connectivity index (χ1n) is 28.9. The SMILES string of the molecule is c1ccc(-c2ccc(-c3c(N(c4ccc(-c5cc(-c6ccccc6)cc(-c6c(N(c7ccccc7)c7ccccc7)c7ccccc7c7ccccc67)c5)cc4)c4cccc(-c5ccccc5)c4)c4ccccc4c4ccccc34)cc2)cc1. The van der Waals surface area contributed by atoms with Crippen LogP contribution in [0, 0.1) is 0 Å². The molecule has 0 saturated carbocycles. The molecule has 2 nitrogen and oxygen atoms in total. The topological polar surface area (TPSA) is 6.48 Å². The van der Waals surface area contributed by atoms with E-state index >= 15 is 0 Å². The maximum absolute atomic E-state index is 2.51. The minimum absolute atomic E-state index is 1.05. The van der Waals surface area contributed by atoms with Gasteiger partial charge in [0.25, 0.3) is 0 Å². The minimum atomic E-state index is 1.05. The molecule has 2 heteroatoms. The molecule has 15 rings (SSSR count). The molecule has 0 heterocycles. The lowest BCUT2D eigenvalue weighted by atomic mass is 9.87. The molecule has 0 aliphatic heterocycles. The molecule has 84 heavy (non-hydrogen) atoms. The lowest BCUT2D eigenvalue weighted by Gasteiger charge is -2.31. The van der Waals surface area contributed by atoms with Gasteiger partial charge in [-0.05, 0) is 155 Å². The van der Waals surface area contributed by atoms with Crippen molar-refractivity contribution in [1.29, 1.82) is 0 Å². The molecule has 0 saturated heterocycles. The van der Waals surface area contributed by atoms with Crippen LogP contribution in [-0.4, -0.2) is 0 Å². The molecule has 0 spiro atoms. The summed E-state index contributed by atoms with van der Waals surface area (Å²) in [6.45, 7) is 0. The van der Waals surface area contributed by atoms with E-state index in [0.29, 0.717) is 0 Å². The van der Waals surface area contributed by atoms with Crippen molar-refractivity contribution in [2.24, 2.45) is 0 Å². The fraction of sp³-hybridized carbons (Fsp3) is 0. The highest BCUT2D eigenvalue weighted by atomic mass is 15.2. The molecule has 0 amide bonds. The number of nitrogens with zero attached hydrogens (tertiary/aromatic N) is 2. The maximum Gasteiger partial charge on any atom is 0.0624 e. The summed E-state index contributed by atoms with van der Waals surface area (Å²) >= 11 is 0. The molecular weight excluding hydrogens is 1010 g/mol. The Hall–Kier alpha value is -11.1. The van der Waals surface area contributed by atoms with Crippen LogP contribution in [0.4, 0.5) is 34.1 Å². The summed E-state index contributed by atoms with van der Waals surface area (Å²) in [6, 6.07) is 124. The molecular formula is C82H56N2. The van der Waals surface area contributed by atoms with Crippen LogP contribution in [0.1, 0.15) is 0 Å². The van der Waals surface area contributed by atoms with Crippen LogP contribution >= 0.6 is 0 Å². The van der Waals surface area contributed by atoms with Gasteiger partial charge in [-0.25, -0.2) is 0 Å². The van der Waals surface area contributed by atoms with Gasteiger partial charge >= 0.3 is 0 Å². The van der Waals surface area contributed by atoms with Crippen molar-refractivity contribution in [2.75, 3.05) is 9.80 Å². The van der Waals surface area contributed by atoms with Gasteiger partial charge in [0, 0.05) is 44.6 Å². The van der Waals surface area contributed by atoms with Gasteiger partial charge in [0.2, 0.25) is 0 Å². The second kappa shape index (κ2) is 21.8. The van der Waals surface area contributed by atoms with Crippen LogP contribution in [0.5, 0.6) is 0 Å². The quantitative estimate of drug-likeness (QED) is 0.113. The van der Waals surface area contributed by atoms with Crippen molar-refractivity contribution >= 4 is 77.2 Å². The van der Waals surface area contributed by atoms with E-state index < -0.39 is 0 Å². The lowest BCUT2D eigenvalue weighted by molar-refractivity contribution is 1.30. The van der Waals surface area contributed by atoms with Crippen LogP contribution in [0.3, 0.4) is 0 Å². The number of hydrogen-bond donors (Lipinski definition) is 0. The van der Waals surface area contributed by atoms with Crippen molar-refractivity contribution in [1.82, 2.24) is 0 Å². The van der Waals surface area contributed by atoms with Gasteiger partial charge in [0.1, 0.15) is 0 Å². The van der Waals surface area contributed by atoms with Crippen molar-refractivity contribution < 1.29 is 0 Å². The zero-order valence-electron chi connectivity index (χ0n) is 46.2. The van der Waals surface area contributed by atoms with E-state index in [1.807, 2.05) is 0 Å². The van der Waals surface area contributed by atoms with Crippen LogP contribution < -0.4 is 9.80 Å². The highest BCUT2D eigenvalue weighted by Gasteiger charge is 2.27. The zero-order chi connectivity index (χ0) is 55.8. The van der Waals surface area contributed by atoms with E-state index in [1.54, 1.807) is 0 Å². The van der Waals surface area contributed by atoms with Gasteiger partial charge in [0.15, 0.2) is 0 Å². The first-order valence-corrected chi connectivity index (χ1v) is 28.9. The highest BCUT2D eigenvalue weighted by molar-refractivity contribution is 6.24. The van der Waals surface area contributed by atoms with E-state index in [1.165, 1.54) is 70.9 Å². The third kappa shape index (κ3) is 9.13. The van der Waals surface area contributed by atoms with Crippen molar-refractivity contribution in [3.63, 3.8) is 0 Å². The Kier molecular flexibility index (Phi) is 12.9. The minimum Gasteiger partial charge on any atom is -0.309 e. The predicted molar refractivity (Wildman–Crippen MR) is 358 cm³/mol. The fourth-order valence-corrected chi connectivity index (χ4v) is 12.7. The second-order valence-corrected chi connectivity index (χ2v) is 21.5. The average molecular weight is 1070 g/mol. The summed E-state index contributed by atoms with van der Waals surface area (Å²) in [5, 5.41) is 9.60. The number of anilines is 6. The predicted octanol–water partition coefficient (Wildman–Crippen LogP) is 23.2. The van der Waals surface area contributed by atoms with Crippen LogP contribution in [0.25, 0.3) is 110 Å². The summed E-state index contributed by atoms with van der Waals surface area (Å²) in [4.78, 5) is 4.96. The molecule has 394 valence electrons. The third-order valence-electron chi connectivity index (χ3n) is 16.6. The summed E-state index contributed by atoms with van der Waals surface area (Å²) in [7, 11) is 0. The van der Waals surface area contributed by atoms with Gasteiger partial charge in [-0.1, -0.05) is 273 Å². The monoisotopic (exact) mass is 1070 g/mol. The van der Waals surface area contributed by atoms with Crippen LogP contribution in [0.15, 0.2) is 340 Å². The van der Waals surface area contributed by atoms with Gasteiger partial charge in [0.05, 0.1) is 11.4 Å². The fourth-order valence-electron chi connectivity index (χ4n) is 12.7. The van der Waals surface area contributed by atoms with Crippen LogP contribution in [-0.2, 0) is 0 Å². The summed E-state index contributed by atoms with van der Waals surface area (Å²) in [6.07, 6.45) is 0. The molecule has 0 aromatic heterocycles. The molecule has 0 N–H and O–H groups in total. The lowest BCUT2D eigenvalue weighted by Crippen LogP contribution is -2.12. The van der Waals surface area contributed by atoms with E-state index in [9.17, 15) is 0 Å². The van der Waals surface area contributed by atoms with E-state index in [4.69, 9.17) is 0 Å². The number of fused-ring (bicyclic) bond motifs is 6. The smallest absolute Gasteiger partial charge is 0.0624 e. The average Bonchev–Trinajstić information content (AvgIpc) is 1.40. The molecule has 0 radical (unpaired) electrons. The number of hydrogen-bond acceptors (Lipinski definition) is 2. The van der Waals surface area contributed by atoms with Crippen molar-refractivity contribution in [2.45, 2.75) is 0 Å². The second-order valence-electron chi connectivity index (χ2n) is 21.5. The molecule has 0 bridgehead atoms. The molecule has 0 aliphatic rings. The standard InChI is InChI=1S/C82H56N2/c1-6-25-57(26-7-1)60-45-47-62(48-46-60)79-75-41-20-16-37-71(75)73-39-18-22-43-77(73)81(79)84(70-36-24-31-63(56-70)58-27-8-2-9-28-58)69-51-49-61(50-52-69)65-53-64(59-29-10-3-11-30-59)54-66(55-65)80-76-42-21-17-38-72(76)74-40-19-23-44-78(74)82(80)83(67-32-12-4-13-33-67)68-34-14-5-15-35-68/h1-56H. The Morgan fingerprint density at radius 3 is 0.893 bits per heavy atom. The van der Waals surface area contributed by atoms with E-state index in [0.717, 1.165) is 73.1 Å². The summed E-state index contributed by atoms with van der Waals surface area (Å²) in [5.74, 6) is 0. The number of para-hydroxylation sites is 2. The zero-order valence-corrected chi connectivity index (χ0v) is 46.2. The largest absolute Gasteiger partial charge is 0.309 e. The summed E-state index contributed by atoms with van der Waals surface area (Å²) in [5.41, 5.74) is 20.4. The third-order valence-corrected chi connectivity index (χ3v) is 16.6. The molecule has 15 aromatic carbocycles. The van der Waals surface area contributed by atoms with E-state index in [-0.39, 0.29) is 0 Å². The molecule has 0 atom stereocenters. The first kappa shape index (κ1) is 49.9. The van der Waals surface area contributed by atoms with Gasteiger partial charge in [-0.2, -0.15) is 0 Å². The Morgan fingerprint density at radius 1 is 0.143 bits per heavy atom. The van der Waals surface area contributed by atoms with E-state index in [2.05, 4.69) is 350 Å².